The molecule has 0 heterocycles. The lowest BCUT2D eigenvalue weighted by Gasteiger charge is -2.39. The summed E-state index contributed by atoms with van der Waals surface area (Å²) in [6, 6.07) is 0. The number of hydrogen-bond acceptors (Lipinski definition) is 2. The maximum atomic E-state index is 10.4. The number of allylic oxidation sites excluding steroid dienone is 6. The first-order valence-electron chi connectivity index (χ1n) is 7.58. The van der Waals surface area contributed by atoms with Crippen molar-refractivity contribution in [3.8, 4) is 0 Å². The predicted octanol–water partition coefficient (Wildman–Crippen LogP) is 5.07. The summed E-state index contributed by atoms with van der Waals surface area (Å²) in [4.78, 5) is 0. The number of hydrogen-bond donors (Lipinski definition) is 2. The Kier molecular flexibility index (Phi) is 4.42. The molecule has 2 heteroatoms. The summed E-state index contributed by atoms with van der Waals surface area (Å²) in [7, 11) is 0. The van der Waals surface area contributed by atoms with Gasteiger partial charge in [0.25, 0.3) is 0 Å². The maximum Gasteiger partial charge on any atom is 0.115 e. The Morgan fingerprint density at radius 2 is 2.05 bits per heavy atom. The van der Waals surface area contributed by atoms with Crippen LogP contribution in [0.5, 0.6) is 0 Å². The molecule has 2 aliphatic rings. The van der Waals surface area contributed by atoms with Crippen LogP contribution >= 0.6 is 0 Å². The number of aliphatic hydroxyl groups is 2. The van der Waals surface area contributed by atoms with Gasteiger partial charge in [-0.2, -0.15) is 0 Å². The van der Waals surface area contributed by atoms with E-state index >= 15 is 0 Å². The highest BCUT2D eigenvalue weighted by Gasteiger charge is 2.38. The van der Waals surface area contributed by atoms with Gasteiger partial charge >= 0.3 is 0 Å². The third-order valence-corrected chi connectivity index (χ3v) is 4.79. The van der Waals surface area contributed by atoms with Crippen molar-refractivity contribution >= 4 is 0 Å². The third kappa shape index (κ3) is 2.84. The van der Waals surface area contributed by atoms with Crippen LogP contribution in [0.1, 0.15) is 40.0 Å². The van der Waals surface area contributed by atoms with Gasteiger partial charge < -0.3 is 10.2 Å². The average Bonchev–Trinajstić information content (AvgIpc) is 2.37. The van der Waals surface area contributed by atoms with E-state index in [2.05, 4.69) is 33.4 Å². The average molecular weight is 274 g/mol. The van der Waals surface area contributed by atoms with Crippen LogP contribution < -0.4 is 0 Å². The quantitative estimate of drug-likeness (QED) is 0.705. The second kappa shape index (κ2) is 5.90. The minimum Gasteiger partial charge on any atom is -0.512 e. The molecule has 0 saturated heterocycles. The highest BCUT2D eigenvalue weighted by atomic mass is 16.3. The van der Waals surface area contributed by atoms with Gasteiger partial charge in [-0.3, -0.25) is 0 Å². The predicted molar refractivity (Wildman–Crippen MR) is 83.5 cm³/mol. The molecule has 2 N–H and O–H groups in total. The Hall–Kier alpha value is -1.44. The summed E-state index contributed by atoms with van der Waals surface area (Å²) in [6.45, 7) is 10.5. The van der Waals surface area contributed by atoms with E-state index in [0.29, 0.717) is 11.7 Å². The zero-order valence-corrected chi connectivity index (χ0v) is 12.8. The summed E-state index contributed by atoms with van der Waals surface area (Å²) < 4.78 is 0. The van der Waals surface area contributed by atoms with Crippen LogP contribution in [0, 0.1) is 23.7 Å². The monoisotopic (exact) mass is 274 g/mol. The normalized spacial score (nSPS) is 34.0. The van der Waals surface area contributed by atoms with Gasteiger partial charge in [-0.05, 0) is 56.9 Å². The number of aliphatic hydroxyl groups excluding tert-OH is 2. The zero-order chi connectivity index (χ0) is 14.9. The highest BCUT2D eigenvalue weighted by Crippen LogP contribution is 2.45. The topological polar surface area (TPSA) is 40.5 Å². The van der Waals surface area contributed by atoms with Crippen LogP contribution in [-0.2, 0) is 0 Å². The first-order valence-corrected chi connectivity index (χ1v) is 7.58. The van der Waals surface area contributed by atoms with Crippen LogP contribution in [0.2, 0.25) is 0 Å². The second-order valence-corrected chi connectivity index (χ2v) is 6.34. The first-order chi connectivity index (χ1) is 9.43. The standard InChI is InChI=1S/C18H26O2/c1-5-13-9-14(19)10-17(20)18(13)16-8-12(4)6-7-15(16)11(2)3/h8-10,13,15-16,18-20H,2,5-7H2,1,3-4H3/t13?,15-,16+,18?/m0/s1. The lowest BCUT2D eigenvalue weighted by Crippen LogP contribution is -2.33. The first kappa shape index (κ1) is 15.0. The van der Waals surface area contributed by atoms with Crippen LogP contribution in [0.25, 0.3) is 0 Å². The molecular formula is C18H26O2. The summed E-state index contributed by atoms with van der Waals surface area (Å²) in [5, 5.41) is 20.1. The van der Waals surface area contributed by atoms with E-state index in [0.717, 1.165) is 19.3 Å². The molecule has 0 amide bonds. The molecule has 0 aromatic carbocycles. The lowest BCUT2D eigenvalue weighted by atomic mass is 9.66. The summed E-state index contributed by atoms with van der Waals surface area (Å²) >= 11 is 0. The molecule has 0 spiro atoms. The molecule has 0 aliphatic heterocycles. The van der Waals surface area contributed by atoms with Crippen molar-refractivity contribution in [1.29, 1.82) is 0 Å². The minimum atomic E-state index is 0.0628. The zero-order valence-electron chi connectivity index (χ0n) is 12.8. The van der Waals surface area contributed by atoms with Crippen LogP contribution in [-0.4, -0.2) is 10.2 Å². The van der Waals surface area contributed by atoms with E-state index in [1.54, 1.807) is 0 Å². The van der Waals surface area contributed by atoms with Crippen molar-refractivity contribution in [2.45, 2.75) is 40.0 Å². The van der Waals surface area contributed by atoms with E-state index in [1.165, 1.54) is 17.2 Å². The van der Waals surface area contributed by atoms with Gasteiger partial charge in [-0.25, -0.2) is 0 Å². The molecule has 0 bridgehead atoms. The Bertz CT molecular complexity index is 482. The molecule has 2 aliphatic carbocycles. The molecule has 0 fully saturated rings. The van der Waals surface area contributed by atoms with E-state index < -0.39 is 0 Å². The second-order valence-electron chi connectivity index (χ2n) is 6.34. The van der Waals surface area contributed by atoms with Gasteiger partial charge in [0.2, 0.25) is 0 Å². The molecule has 2 rings (SSSR count). The van der Waals surface area contributed by atoms with Crippen molar-refractivity contribution in [1.82, 2.24) is 0 Å². The van der Waals surface area contributed by atoms with Crippen molar-refractivity contribution in [3.05, 3.63) is 47.5 Å². The van der Waals surface area contributed by atoms with Gasteiger partial charge in [0.15, 0.2) is 0 Å². The smallest absolute Gasteiger partial charge is 0.115 e. The summed E-state index contributed by atoms with van der Waals surface area (Å²) in [5.74, 6) is 1.46. The van der Waals surface area contributed by atoms with Gasteiger partial charge in [0, 0.05) is 12.0 Å². The molecule has 0 saturated carbocycles. The van der Waals surface area contributed by atoms with Crippen molar-refractivity contribution < 1.29 is 10.2 Å². The summed E-state index contributed by atoms with van der Waals surface area (Å²) in [5.41, 5.74) is 2.59. The molecule has 2 nitrogen and oxygen atoms in total. The molecule has 0 aromatic heterocycles. The van der Waals surface area contributed by atoms with Crippen LogP contribution in [0.4, 0.5) is 0 Å². The van der Waals surface area contributed by atoms with E-state index in [9.17, 15) is 10.2 Å². The summed E-state index contributed by atoms with van der Waals surface area (Å²) in [6.07, 6.45) is 8.85. The maximum absolute atomic E-state index is 10.4. The fourth-order valence-corrected chi connectivity index (χ4v) is 3.73. The Morgan fingerprint density at radius 3 is 2.65 bits per heavy atom. The van der Waals surface area contributed by atoms with Crippen molar-refractivity contribution in [2.24, 2.45) is 23.7 Å². The fourth-order valence-electron chi connectivity index (χ4n) is 3.73. The Morgan fingerprint density at radius 1 is 1.35 bits per heavy atom. The lowest BCUT2D eigenvalue weighted by molar-refractivity contribution is 0.183. The SMILES string of the molecule is C=C(C)[C@@H]1CCC(C)=C[C@H]1C1C(O)=CC(O)=CC1CC. The third-order valence-electron chi connectivity index (χ3n) is 4.79. The Labute approximate surface area is 122 Å². The van der Waals surface area contributed by atoms with Crippen molar-refractivity contribution in [2.75, 3.05) is 0 Å². The van der Waals surface area contributed by atoms with E-state index in [4.69, 9.17) is 0 Å². The highest BCUT2D eigenvalue weighted by molar-refractivity contribution is 5.28. The van der Waals surface area contributed by atoms with Crippen LogP contribution in [0.3, 0.4) is 0 Å². The molecule has 20 heavy (non-hydrogen) atoms. The van der Waals surface area contributed by atoms with Gasteiger partial charge in [-0.15, -0.1) is 0 Å². The molecule has 0 aromatic rings. The number of rotatable bonds is 3. The van der Waals surface area contributed by atoms with Crippen LogP contribution in [0.15, 0.2) is 47.5 Å². The van der Waals surface area contributed by atoms with Crippen molar-refractivity contribution in [3.63, 3.8) is 0 Å². The fraction of sp³-hybridized carbons (Fsp3) is 0.556. The van der Waals surface area contributed by atoms with E-state index in [-0.39, 0.29) is 23.5 Å². The van der Waals surface area contributed by atoms with Gasteiger partial charge in [-0.1, -0.05) is 30.7 Å². The molecule has 2 unspecified atom stereocenters. The van der Waals surface area contributed by atoms with E-state index in [1.807, 2.05) is 6.08 Å². The minimum absolute atomic E-state index is 0.0628. The van der Waals surface area contributed by atoms with Gasteiger partial charge in [0.05, 0.1) is 0 Å². The largest absolute Gasteiger partial charge is 0.512 e. The molecule has 4 atom stereocenters. The Balaban J connectivity index is 2.38. The molecular weight excluding hydrogens is 248 g/mol. The molecule has 110 valence electrons. The molecule has 0 radical (unpaired) electrons. The van der Waals surface area contributed by atoms with Gasteiger partial charge in [0.1, 0.15) is 11.5 Å².